The number of rotatable bonds is 6. The number of benzene rings is 2. The van der Waals surface area contributed by atoms with Gasteiger partial charge in [-0.15, -0.1) is 5.10 Å². The molecule has 4 rings (SSSR count). The first-order chi connectivity index (χ1) is 13.6. The van der Waals surface area contributed by atoms with E-state index in [1.807, 2.05) is 62.4 Å². The fraction of sp³-hybridized carbons (Fsp3) is 0.190. The minimum Gasteiger partial charge on any atom is -0.457 e. The van der Waals surface area contributed by atoms with Crippen LogP contribution in [0.2, 0.25) is 0 Å². The van der Waals surface area contributed by atoms with Gasteiger partial charge in [0, 0.05) is 23.9 Å². The Bertz CT molecular complexity index is 1180. The highest BCUT2D eigenvalue weighted by molar-refractivity contribution is 7.20. The average molecular weight is 392 g/mol. The van der Waals surface area contributed by atoms with Crippen molar-refractivity contribution in [3.05, 3.63) is 81.8 Å². The maximum absolute atomic E-state index is 12.2. The highest BCUT2D eigenvalue weighted by atomic mass is 32.1. The second-order valence-electron chi connectivity index (χ2n) is 6.42. The van der Waals surface area contributed by atoms with Crippen LogP contribution in [0.1, 0.15) is 23.7 Å². The summed E-state index contributed by atoms with van der Waals surface area (Å²) in [6.07, 6.45) is 0.718. The predicted octanol–water partition coefficient (Wildman–Crippen LogP) is 4.43. The molecule has 0 atom stereocenters. The quantitative estimate of drug-likeness (QED) is 0.526. The lowest BCUT2D eigenvalue weighted by Gasteiger charge is -2.11. The van der Waals surface area contributed by atoms with Gasteiger partial charge in [-0.25, -0.2) is 4.98 Å². The van der Waals surface area contributed by atoms with E-state index in [-0.39, 0.29) is 5.56 Å². The van der Waals surface area contributed by atoms with Gasteiger partial charge < -0.3 is 10.1 Å². The lowest BCUT2D eigenvalue weighted by Crippen LogP contribution is -2.15. The molecule has 0 aliphatic heterocycles. The van der Waals surface area contributed by atoms with E-state index in [2.05, 4.69) is 15.4 Å². The molecular weight excluding hydrogens is 372 g/mol. The first-order valence-electron chi connectivity index (χ1n) is 9.08. The van der Waals surface area contributed by atoms with E-state index in [9.17, 15) is 4.79 Å². The Morgan fingerprint density at radius 1 is 1.14 bits per heavy atom. The lowest BCUT2D eigenvalue weighted by atomic mass is 10.2. The summed E-state index contributed by atoms with van der Waals surface area (Å²) in [7, 11) is 0. The monoisotopic (exact) mass is 392 g/mol. The molecule has 1 N–H and O–H groups in total. The molecule has 28 heavy (non-hydrogen) atoms. The molecule has 0 saturated carbocycles. The van der Waals surface area contributed by atoms with Gasteiger partial charge in [0.1, 0.15) is 11.5 Å². The Labute approximate surface area is 166 Å². The molecule has 0 aliphatic rings. The average Bonchev–Trinajstić information content (AvgIpc) is 3.11. The Morgan fingerprint density at radius 3 is 2.82 bits per heavy atom. The normalized spacial score (nSPS) is 10.9. The number of aryl methyl sites for hydroxylation is 2. The van der Waals surface area contributed by atoms with Crippen molar-refractivity contribution >= 4 is 21.4 Å². The van der Waals surface area contributed by atoms with E-state index < -0.39 is 0 Å². The van der Waals surface area contributed by atoms with Crippen molar-refractivity contribution in [1.29, 1.82) is 0 Å². The van der Waals surface area contributed by atoms with Gasteiger partial charge in [-0.1, -0.05) is 48.6 Å². The third-order valence-electron chi connectivity index (χ3n) is 4.28. The number of hydrogen-bond donors (Lipinski definition) is 1. The number of anilines is 1. The zero-order valence-corrected chi connectivity index (χ0v) is 16.5. The topological polar surface area (TPSA) is 68.5 Å². The first kappa shape index (κ1) is 18.2. The van der Waals surface area contributed by atoms with Crippen molar-refractivity contribution in [2.24, 2.45) is 0 Å². The number of hydrogen-bond acceptors (Lipinski definition) is 6. The SMILES string of the molecule is CCc1cc(=O)n2nc(NCc3ccccc3Oc3cccc(C)c3)sc2n1. The zero-order chi connectivity index (χ0) is 19.5. The molecule has 0 bridgehead atoms. The molecule has 0 fully saturated rings. The van der Waals surface area contributed by atoms with Crippen LogP contribution in [-0.2, 0) is 13.0 Å². The predicted molar refractivity (Wildman–Crippen MR) is 112 cm³/mol. The highest BCUT2D eigenvalue weighted by Crippen LogP contribution is 2.27. The lowest BCUT2D eigenvalue weighted by molar-refractivity contribution is 0.476. The second-order valence-corrected chi connectivity index (χ2v) is 7.38. The molecule has 7 heteroatoms. The summed E-state index contributed by atoms with van der Waals surface area (Å²) in [5, 5.41) is 8.26. The summed E-state index contributed by atoms with van der Waals surface area (Å²) in [6, 6.07) is 17.3. The summed E-state index contributed by atoms with van der Waals surface area (Å²) in [5.41, 5.74) is 2.76. The fourth-order valence-electron chi connectivity index (χ4n) is 2.83. The van der Waals surface area contributed by atoms with Crippen molar-refractivity contribution in [2.45, 2.75) is 26.8 Å². The summed E-state index contributed by atoms with van der Waals surface area (Å²) < 4.78 is 7.40. The minimum atomic E-state index is -0.158. The van der Waals surface area contributed by atoms with Crippen LogP contribution in [0.5, 0.6) is 11.5 Å². The van der Waals surface area contributed by atoms with Gasteiger partial charge in [-0.3, -0.25) is 4.79 Å². The molecule has 0 amide bonds. The van der Waals surface area contributed by atoms with E-state index in [0.717, 1.165) is 34.7 Å². The number of para-hydroxylation sites is 1. The van der Waals surface area contributed by atoms with E-state index >= 15 is 0 Å². The molecule has 0 saturated heterocycles. The van der Waals surface area contributed by atoms with Crippen LogP contribution in [0.15, 0.2) is 59.4 Å². The van der Waals surface area contributed by atoms with Crippen LogP contribution in [-0.4, -0.2) is 14.6 Å². The smallest absolute Gasteiger partial charge is 0.275 e. The van der Waals surface area contributed by atoms with Crippen LogP contribution in [0, 0.1) is 6.92 Å². The molecule has 2 aromatic heterocycles. The molecule has 0 radical (unpaired) electrons. The summed E-state index contributed by atoms with van der Waals surface area (Å²) in [4.78, 5) is 17.2. The van der Waals surface area contributed by atoms with Crippen LogP contribution in [0.25, 0.3) is 4.96 Å². The number of aromatic nitrogens is 3. The molecule has 6 nitrogen and oxygen atoms in total. The van der Waals surface area contributed by atoms with Crippen LogP contribution in [0.3, 0.4) is 0 Å². The van der Waals surface area contributed by atoms with Gasteiger partial charge in [-0.05, 0) is 37.1 Å². The molecule has 2 heterocycles. The summed E-state index contributed by atoms with van der Waals surface area (Å²) in [5.74, 6) is 1.58. The molecule has 2 aromatic carbocycles. The minimum absolute atomic E-state index is 0.158. The van der Waals surface area contributed by atoms with Crippen LogP contribution in [0.4, 0.5) is 5.13 Å². The third-order valence-corrected chi connectivity index (χ3v) is 5.15. The molecule has 142 valence electrons. The highest BCUT2D eigenvalue weighted by Gasteiger charge is 2.10. The van der Waals surface area contributed by atoms with Gasteiger partial charge in [0.2, 0.25) is 10.1 Å². The molecule has 0 unspecified atom stereocenters. The Kier molecular flexibility index (Phi) is 5.08. The number of nitrogens with one attached hydrogen (secondary N) is 1. The Morgan fingerprint density at radius 2 is 2.00 bits per heavy atom. The molecular formula is C21H20N4O2S. The van der Waals surface area contributed by atoms with Gasteiger partial charge >= 0.3 is 0 Å². The molecule has 0 spiro atoms. The van der Waals surface area contributed by atoms with Gasteiger partial charge in [0.05, 0.1) is 0 Å². The van der Waals surface area contributed by atoms with Crippen LogP contribution >= 0.6 is 11.3 Å². The van der Waals surface area contributed by atoms with Gasteiger partial charge in [0.25, 0.3) is 5.56 Å². The van der Waals surface area contributed by atoms with Crippen molar-refractivity contribution < 1.29 is 4.74 Å². The van der Waals surface area contributed by atoms with E-state index in [1.165, 1.54) is 21.9 Å². The number of ether oxygens (including phenoxy) is 1. The third kappa shape index (κ3) is 3.89. The van der Waals surface area contributed by atoms with Gasteiger partial charge in [-0.2, -0.15) is 4.52 Å². The Balaban J connectivity index is 1.55. The molecule has 4 aromatic rings. The van der Waals surface area contributed by atoms with Crippen molar-refractivity contribution in [3.63, 3.8) is 0 Å². The van der Waals surface area contributed by atoms with Crippen molar-refractivity contribution in [1.82, 2.24) is 14.6 Å². The second kappa shape index (κ2) is 7.82. The zero-order valence-electron chi connectivity index (χ0n) is 15.7. The van der Waals surface area contributed by atoms with Gasteiger partial charge in [0.15, 0.2) is 0 Å². The van der Waals surface area contributed by atoms with Crippen LogP contribution < -0.4 is 15.6 Å². The van der Waals surface area contributed by atoms with E-state index in [1.54, 1.807) is 0 Å². The summed E-state index contributed by atoms with van der Waals surface area (Å²) in [6.45, 7) is 4.54. The number of nitrogens with zero attached hydrogens (tertiary/aromatic N) is 3. The van der Waals surface area contributed by atoms with E-state index in [0.29, 0.717) is 16.6 Å². The Hall–Kier alpha value is -3.19. The number of fused-ring (bicyclic) bond motifs is 1. The van der Waals surface area contributed by atoms with Crippen molar-refractivity contribution in [3.8, 4) is 11.5 Å². The van der Waals surface area contributed by atoms with E-state index in [4.69, 9.17) is 4.74 Å². The fourth-order valence-corrected chi connectivity index (χ4v) is 3.65. The maximum atomic E-state index is 12.2. The summed E-state index contributed by atoms with van der Waals surface area (Å²) >= 11 is 1.36. The molecule has 0 aliphatic carbocycles. The largest absolute Gasteiger partial charge is 0.457 e. The first-order valence-corrected chi connectivity index (χ1v) is 9.90. The van der Waals surface area contributed by atoms with Crippen molar-refractivity contribution in [2.75, 3.05) is 5.32 Å². The standard InChI is InChI=1S/C21H20N4O2S/c1-3-16-12-19(26)25-21(23-16)28-20(24-25)22-13-15-8-4-5-10-18(15)27-17-9-6-7-14(2)11-17/h4-12H,3,13H2,1-2H3,(H,22,24). The maximum Gasteiger partial charge on any atom is 0.275 e.